The lowest BCUT2D eigenvalue weighted by atomic mass is 9.96. The number of benzene rings is 1. The molecule has 8 heteroatoms. The van der Waals surface area contributed by atoms with E-state index < -0.39 is 5.60 Å². The van der Waals surface area contributed by atoms with E-state index in [0.29, 0.717) is 6.54 Å². The van der Waals surface area contributed by atoms with Crippen LogP contribution in [0.2, 0.25) is 0 Å². The van der Waals surface area contributed by atoms with E-state index in [-0.39, 0.29) is 0 Å². The highest BCUT2D eigenvalue weighted by Crippen LogP contribution is 2.20. The number of anilines is 1. The maximum Gasteiger partial charge on any atom is 0.225 e. The summed E-state index contributed by atoms with van der Waals surface area (Å²) in [5.41, 5.74) is -0.124. The minimum atomic E-state index is -0.994. The van der Waals surface area contributed by atoms with Gasteiger partial charge in [0.2, 0.25) is 5.95 Å². The van der Waals surface area contributed by atoms with Crippen molar-refractivity contribution in [3.05, 3.63) is 54.4 Å². The number of rotatable bonds is 9. The lowest BCUT2D eigenvalue weighted by molar-refractivity contribution is 0.0672. The second-order valence-electron chi connectivity index (χ2n) is 7.99. The molecule has 1 aliphatic rings. The van der Waals surface area contributed by atoms with Crippen LogP contribution in [0.5, 0.6) is 0 Å². The van der Waals surface area contributed by atoms with Crippen LogP contribution >= 0.6 is 0 Å². The molecule has 31 heavy (non-hydrogen) atoms. The summed E-state index contributed by atoms with van der Waals surface area (Å²) >= 11 is 0. The summed E-state index contributed by atoms with van der Waals surface area (Å²) in [4.78, 5) is 18.0. The van der Waals surface area contributed by atoms with Crippen molar-refractivity contribution in [1.29, 1.82) is 0 Å². The molecule has 0 amide bonds. The van der Waals surface area contributed by atoms with Gasteiger partial charge in [0, 0.05) is 51.7 Å². The maximum absolute atomic E-state index is 10.8. The number of hydrogen-bond donors (Lipinski definition) is 3. The molecule has 0 radical (unpaired) electrons. The third kappa shape index (κ3) is 7.18. The Kier molecular flexibility index (Phi) is 8.61. The Balaban J connectivity index is 1.39. The smallest absolute Gasteiger partial charge is 0.225 e. The van der Waals surface area contributed by atoms with Crippen molar-refractivity contribution in [3.63, 3.8) is 0 Å². The molecule has 1 atom stereocenters. The number of piperazine rings is 1. The summed E-state index contributed by atoms with van der Waals surface area (Å²) in [5, 5.41) is 17.4. The van der Waals surface area contributed by atoms with Gasteiger partial charge in [-0.15, -0.1) is 0 Å². The number of hydrogen-bond acceptors (Lipinski definition) is 6. The lowest BCUT2D eigenvalue weighted by Gasteiger charge is -2.34. The molecule has 8 nitrogen and oxygen atoms in total. The molecular weight excluding hydrogens is 390 g/mol. The summed E-state index contributed by atoms with van der Waals surface area (Å²) in [6, 6.07) is 11.5. The van der Waals surface area contributed by atoms with Crippen molar-refractivity contribution in [1.82, 2.24) is 25.5 Å². The topological polar surface area (TPSA) is 88.9 Å². The first-order chi connectivity index (χ1) is 15.1. The van der Waals surface area contributed by atoms with Crippen molar-refractivity contribution in [2.45, 2.75) is 25.9 Å². The number of nitrogens with zero attached hydrogens (tertiary/aromatic N) is 5. The Morgan fingerprint density at radius 1 is 1.06 bits per heavy atom. The molecule has 1 aromatic heterocycles. The average molecular weight is 426 g/mol. The van der Waals surface area contributed by atoms with Crippen molar-refractivity contribution in [2.75, 3.05) is 57.3 Å². The molecule has 1 fully saturated rings. The van der Waals surface area contributed by atoms with Gasteiger partial charge in [0.15, 0.2) is 5.96 Å². The quantitative estimate of drug-likeness (QED) is 0.318. The highest BCUT2D eigenvalue weighted by Gasteiger charge is 2.22. The molecule has 3 N–H and O–H groups in total. The van der Waals surface area contributed by atoms with Crippen LogP contribution in [0.4, 0.5) is 5.95 Å². The van der Waals surface area contributed by atoms with Crippen LogP contribution in [0.15, 0.2) is 53.8 Å². The van der Waals surface area contributed by atoms with Gasteiger partial charge >= 0.3 is 0 Å². The van der Waals surface area contributed by atoms with Crippen LogP contribution in [0.3, 0.4) is 0 Å². The fourth-order valence-corrected chi connectivity index (χ4v) is 3.60. The zero-order valence-electron chi connectivity index (χ0n) is 18.7. The third-order valence-electron chi connectivity index (χ3n) is 5.44. The molecule has 1 aromatic carbocycles. The molecule has 3 rings (SSSR count). The summed E-state index contributed by atoms with van der Waals surface area (Å²) in [5.74, 6) is 1.56. The Hall–Kier alpha value is -2.71. The summed E-state index contributed by atoms with van der Waals surface area (Å²) in [6.45, 7) is 10.8. The van der Waals surface area contributed by atoms with Crippen LogP contribution in [-0.4, -0.2) is 78.3 Å². The van der Waals surface area contributed by atoms with Gasteiger partial charge in [-0.25, -0.2) is 15.0 Å². The lowest BCUT2D eigenvalue weighted by Crippen LogP contribution is -2.47. The molecule has 2 aromatic rings. The van der Waals surface area contributed by atoms with E-state index in [1.54, 1.807) is 19.3 Å². The monoisotopic (exact) mass is 425 g/mol. The molecule has 1 unspecified atom stereocenters. The standard InChI is InChI=1S/C23H35N7O/c1-3-24-21(28-19-23(2,31)20-9-5-4-6-10-20)25-13-8-14-29-15-17-30(18-16-29)22-26-11-7-12-27-22/h4-7,9-12,31H,3,8,13-19H2,1-2H3,(H2,24,25,28). The van der Waals surface area contributed by atoms with E-state index in [9.17, 15) is 5.11 Å². The second kappa shape index (κ2) is 11.6. The van der Waals surface area contributed by atoms with Gasteiger partial charge in [0.25, 0.3) is 0 Å². The number of aliphatic hydroxyl groups is 1. The first kappa shape index (κ1) is 23.0. The largest absolute Gasteiger partial charge is 0.384 e. The van der Waals surface area contributed by atoms with E-state index in [2.05, 4.69) is 35.4 Å². The van der Waals surface area contributed by atoms with Crippen LogP contribution in [0.1, 0.15) is 25.8 Å². The molecule has 0 aliphatic carbocycles. The van der Waals surface area contributed by atoms with Crippen molar-refractivity contribution in [3.8, 4) is 0 Å². The Morgan fingerprint density at radius 2 is 1.77 bits per heavy atom. The van der Waals surface area contributed by atoms with E-state index in [0.717, 1.165) is 69.7 Å². The van der Waals surface area contributed by atoms with E-state index in [4.69, 9.17) is 0 Å². The molecule has 0 spiro atoms. The fraction of sp³-hybridized carbons (Fsp3) is 0.522. The Labute approximate surface area is 185 Å². The first-order valence-corrected chi connectivity index (χ1v) is 11.1. The second-order valence-corrected chi connectivity index (χ2v) is 7.99. The molecule has 1 saturated heterocycles. The predicted octanol–water partition coefficient (Wildman–Crippen LogP) is 1.45. The van der Waals surface area contributed by atoms with Gasteiger partial charge in [0.05, 0.1) is 6.54 Å². The molecule has 168 valence electrons. The summed E-state index contributed by atoms with van der Waals surface area (Å²) < 4.78 is 0. The fourth-order valence-electron chi connectivity index (χ4n) is 3.60. The average Bonchev–Trinajstić information content (AvgIpc) is 2.82. The first-order valence-electron chi connectivity index (χ1n) is 11.1. The maximum atomic E-state index is 10.8. The zero-order valence-corrected chi connectivity index (χ0v) is 18.7. The van der Waals surface area contributed by atoms with E-state index in [1.165, 1.54) is 0 Å². The van der Waals surface area contributed by atoms with Crippen LogP contribution in [0, 0.1) is 0 Å². The summed E-state index contributed by atoms with van der Waals surface area (Å²) in [7, 11) is 0. The van der Waals surface area contributed by atoms with Gasteiger partial charge in [-0.05, 0) is 38.4 Å². The minimum Gasteiger partial charge on any atom is -0.384 e. The zero-order chi connectivity index (χ0) is 21.9. The normalized spacial score (nSPS) is 17.3. The van der Waals surface area contributed by atoms with Crippen molar-refractivity contribution < 1.29 is 5.11 Å². The molecule has 0 bridgehead atoms. The minimum absolute atomic E-state index is 0.301. The van der Waals surface area contributed by atoms with Gasteiger partial charge in [-0.1, -0.05) is 30.3 Å². The SMILES string of the molecule is CCNC(=NCC(C)(O)c1ccccc1)NCCCN1CCN(c2ncccn2)CC1. The Morgan fingerprint density at radius 3 is 2.45 bits per heavy atom. The van der Waals surface area contributed by atoms with Crippen molar-refractivity contribution >= 4 is 11.9 Å². The molecule has 0 saturated carbocycles. The van der Waals surface area contributed by atoms with Crippen molar-refractivity contribution in [2.24, 2.45) is 4.99 Å². The van der Waals surface area contributed by atoms with E-state index in [1.807, 2.05) is 43.3 Å². The van der Waals surface area contributed by atoms with Crippen LogP contribution in [-0.2, 0) is 5.60 Å². The van der Waals surface area contributed by atoms with Gasteiger partial charge < -0.3 is 20.6 Å². The van der Waals surface area contributed by atoms with Gasteiger partial charge in [0.1, 0.15) is 5.60 Å². The highest BCUT2D eigenvalue weighted by molar-refractivity contribution is 5.79. The highest BCUT2D eigenvalue weighted by atomic mass is 16.3. The van der Waals surface area contributed by atoms with Crippen LogP contribution < -0.4 is 15.5 Å². The number of guanidine groups is 1. The van der Waals surface area contributed by atoms with E-state index >= 15 is 0 Å². The third-order valence-corrected chi connectivity index (χ3v) is 5.44. The Bertz CT molecular complexity index is 790. The number of aliphatic imine (C=N–C) groups is 1. The predicted molar refractivity (Wildman–Crippen MR) is 125 cm³/mol. The molecule has 2 heterocycles. The summed E-state index contributed by atoms with van der Waals surface area (Å²) in [6.07, 6.45) is 4.62. The van der Waals surface area contributed by atoms with Gasteiger partial charge in [-0.2, -0.15) is 0 Å². The number of nitrogens with one attached hydrogen (secondary N) is 2. The van der Waals surface area contributed by atoms with Crippen LogP contribution in [0.25, 0.3) is 0 Å². The number of aromatic nitrogens is 2. The molecular formula is C23H35N7O. The molecule has 1 aliphatic heterocycles. The van der Waals surface area contributed by atoms with Gasteiger partial charge in [-0.3, -0.25) is 4.90 Å².